The second kappa shape index (κ2) is 20.7. The first kappa shape index (κ1) is 49.8. The van der Waals surface area contributed by atoms with Crippen molar-refractivity contribution >= 4 is 46.1 Å². The minimum atomic E-state index is -5.02. The topological polar surface area (TPSA) is 143 Å². The normalized spacial score (nSPS) is 14.7. The van der Waals surface area contributed by atoms with Crippen LogP contribution >= 0.6 is 11.6 Å². The minimum absolute atomic E-state index is 0.00151. The molecule has 8 rings (SSSR count). The number of alkyl halides is 3. The largest absolute Gasteiger partial charge is 0.497 e. The van der Waals surface area contributed by atoms with Gasteiger partial charge in [0.2, 0.25) is 0 Å². The molecule has 0 bridgehead atoms. The van der Waals surface area contributed by atoms with Crippen molar-refractivity contribution in [1.29, 1.82) is 0 Å². The van der Waals surface area contributed by atoms with Crippen molar-refractivity contribution in [2.75, 3.05) is 62.3 Å². The van der Waals surface area contributed by atoms with Gasteiger partial charge in [-0.05, 0) is 106 Å². The SMILES string of the molecule is COc1ccc(CN(Cc2ccc(OC)cc2)c2cc(C)c(C(F)(F)F)c(-c3c(Cl)c4c5c(nc(OCC6CCOCC6)nc5c3F)N([C@H](C)c3cccnc3NC(=O)OC(C)(C)C)CCO4)n2)cc1. The molecule has 370 valence electrons. The number of anilines is 3. The number of benzene rings is 3. The van der Waals surface area contributed by atoms with Crippen LogP contribution in [0.2, 0.25) is 5.02 Å². The number of aromatic nitrogens is 4. The predicted molar refractivity (Wildman–Crippen MR) is 258 cm³/mol. The second-order valence-electron chi connectivity index (χ2n) is 18.1. The lowest BCUT2D eigenvalue weighted by atomic mass is 9.98. The Hall–Kier alpha value is -6.66. The van der Waals surface area contributed by atoms with Crippen molar-refractivity contribution in [3.63, 3.8) is 0 Å². The van der Waals surface area contributed by atoms with E-state index in [1.165, 1.54) is 19.2 Å². The van der Waals surface area contributed by atoms with Gasteiger partial charge in [0.05, 0.1) is 60.6 Å². The van der Waals surface area contributed by atoms with Crippen LogP contribution in [0.15, 0.2) is 72.9 Å². The van der Waals surface area contributed by atoms with E-state index in [9.17, 15) is 4.79 Å². The Morgan fingerprint density at radius 3 is 2.19 bits per heavy atom. The van der Waals surface area contributed by atoms with Gasteiger partial charge in [0.25, 0.3) is 0 Å². The van der Waals surface area contributed by atoms with Gasteiger partial charge in [-0.2, -0.15) is 23.1 Å². The van der Waals surface area contributed by atoms with E-state index in [0.717, 1.165) is 11.1 Å². The number of hydrogen-bond donors (Lipinski definition) is 1. The molecule has 1 amide bonds. The first-order valence-corrected chi connectivity index (χ1v) is 23.2. The molecule has 0 unspecified atom stereocenters. The Balaban J connectivity index is 1.31. The third kappa shape index (κ3) is 11.0. The maximum atomic E-state index is 18.1. The zero-order valence-electron chi connectivity index (χ0n) is 39.9. The number of ether oxygens (including phenoxy) is 6. The number of aryl methyl sites for hydroxylation is 1. The van der Waals surface area contributed by atoms with Gasteiger partial charge in [0, 0.05) is 38.1 Å². The number of hydrogen-bond acceptors (Lipinski definition) is 13. The number of carbonyl (C=O) groups excluding carboxylic acids is 1. The van der Waals surface area contributed by atoms with Gasteiger partial charge in [-0.3, -0.25) is 5.32 Å². The molecule has 14 nitrogen and oxygen atoms in total. The summed E-state index contributed by atoms with van der Waals surface area (Å²) in [7, 11) is 3.10. The lowest BCUT2D eigenvalue weighted by Gasteiger charge is -2.31. The lowest BCUT2D eigenvalue weighted by Crippen LogP contribution is -2.32. The van der Waals surface area contributed by atoms with Gasteiger partial charge in [0.15, 0.2) is 11.6 Å². The lowest BCUT2D eigenvalue weighted by molar-refractivity contribution is -0.137. The van der Waals surface area contributed by atoms with Crippen molar-refractivity contribution in [2.24, 2.45) is 5.92 Å². The smallest absolute Gasteiger partial charge is 0.418 e. The highest BCUT2D eigenvalue weighted by Gasteiger charge is 2.41. The van der Waals surface area contributed by atoms with Crippen molar-refractivity contribution in [3.8, 4) is 34.5 Å². The van der Waals surface area contributed by atoms with E-state index in [4.69, 9.17) is 45.0 Å². The number of pyridine rings is 2. The highest BCUT2D eigenvalue weighted by Crippen LogP contribution is 2.51. The van der Waals surface area contributed by atoms with Gasteiger partial charge in [-0.25, -0.2) is 19.2 Å². The standard InChI is InChI=1S/C51H54ClF4N7O7/c1-29-25-37(62(26-31-10-14-34(65-6)15-11-31)27-32-12-16-35(66-7)17-13-32)58-43(40(29)51(54,55)56)38-41(52)45-39-44(42(38)53)59-48(69-28-33-18-22-67-23-19-33)61-47(39)63(21-24-68-45)30(2)36-9-8-20-57-46(36)60-49(64)70-50(3,4)5/h8-17,20,25,30,33H,18-19,21-24,26-28H2,1-7H3,(H,57,60,64)/t30-/m1/s1. The van der Waals surface area contributed by atoms with Crippen LogP contribution in [0.4, 0.5) is 39.8 Å². The van der Waals surface area contributed by atoms with Crippen molar-refractivity contribution < 1.29 is 50.8 Å². The molecule has 3 aromatic carbocycles. The number of nitrogens with one attached hydrogen (secondary N) is 1. The van der Waals surface area contributed by atoms with Gasteiger partial charge >= 0.3 is 18.3 Å². The number of rotatable bonds is 14. The fraction of sp³-hybridized carbons (Fsp3) is 0.392. The summed E-state index contributed by atoms with van der Waals surface area (Å²) in [4.78, 5) is 35.1. The molecule has 6 aromatic rings. The van der Waals surface area contributed by atoms with Crippen molar-refractivity contribution in [3.05, 3.63) is 112 Å². The third-order valence-corrected chi connectivity index (χ3v) is 12.4. The van der Waals surface area contributed by atoms with Gasteiger partial charge < -0.3 is 38.2 Å². The highest BCUT2D eigenvalue weighted by molar-refractivity contribution is 6.36. The Kier molecular flexibility index (Phi) is 14.7. The summed E-state index contributed by atoms with van der Waals surface area (Å²) in [6.07, 6.45) is -2.81. The predicted octanol–water partition coefficient (Wildman–Crippen LogP) is 11.5. The summed E-state index contributed by atoms with van der Waals surface area (Å²) in [5.41, 5.74) is -1.88. The van der Waals surface area contributed by atoms with Crippen molar-refractivity contribution in [1.82, 2.24) is 19.9 Å². The first-order valence-electron chi connectivity index (χ1n) is 22.8. The molecule has 2 aliphatic heterocycles. The number of nitrogens with zero attached hydrogens (tertiary/aromatic N) is 6. The average molecular weight is 988 g/mol. The van der Waals surface area contributed by atoms with Gasteiger partial charge in [0.1, 0.15) is 46.7 Å². The van der Waals surface area contributed by atoms with Crippen LogP contribution in [0.3, 0.4) is 0 Å². The van der Waals surface area contributed by atoms with E-state index < -0.39 is 57.1 Å². The fourth-order valence-corrected chi connectivity index (χ4v) is 8.91. The molecule has 0 aliphatic carbocycles. The molecule has 0 radical (unpaired) electrons. The maximum absolute atomic E-state index is 18.1. The van der Waals surface area contributed by atoms with E-state index in [1.807, 2.05) is 31.2 Å². The summed E-state index contributed by atoms with van der Waals surface area (Å²) < 4.78 is 99.0. The number of amides is 1. The second-order valence-corrected chi connectivity index (χ2v) is 18.5. The van der Waals surface area contributed by atoms with Crippen LogP contribution in [0, 0.1) is 18.7 Å². The number of methoxy groups -OCH3 is 2. The third-order valence-electron chi connectivity index (χ3n) is 12.1. The highest BCUT2D eigenvalue weighted by atomic mass is 35.5. The molecule has 1 N–H and O–H groups in total. The zero-order valence-corrected chi connectivity index (χ0v) is 40.6. The van der Waals surface area contributed by atoms with E-state index >= 15 is 17.6 Å². The molecule has 1 fully saturated rings. The Morgan fingerprint density at radius 2 is 1.59 bits per heavy atom. The molecule has 0 spiro atoms. The maximum Gasteiger partial charge on any atom is 0.418 e. The summed E-state index contributed by atoms with van der Waals surface area (Å²) >= 11 is 7.21. The molecular formula is C51H54ClF4N7O7. The van der Waals surface area contributed by atoms with Crippen molar-refractivity contribution in [2.45, 2.75) is 78.4 Å². The summed E-state index contributed by atoms with van der Waals surface area (Å²) in [5, 5.41) is 2.28. The molecule has 70 heavy (non-hydrogen) atoms. The molecule has 19 heteroatoms. The van der Waals surface area contributed by atoms with Crippen LogP contribution < -0.4 is 34.1 Å². The van der Waals surface area contributed by atoms with E-state index in [1.54, 1.807) is 81.2 Å². The first-order chi connectivity index (χ1) is 33.4. The number of carbonyl (C=O) groups is 1. The number of halogens is 5. The quantitative estimate of drug-likeness (QED) is 0.104. The summed E-state index contributed by atoms with van der Waals surface area (Å²) in [6.45, 7) is 10.0. The molecule has 0 saturated carbocycles. The monoisotopic (exact) mass is 987 g/mol. The van der Waals surface area contributed by atoms with E-state index in [-0.39, 0.29) is 78.9 Å². The molecule has 2 aliphatic rings. The Labute approximate surface area is 408 Å². The van der Waals surface area contributed by atoms with Crippen LogP contribution in [0.25, 0.3) is 22.2 Å². The van der Waals surface area contributed by atoms with Gasteiger partial charge in [-0.1, -0.05) is 41.9 Å². The Bertz CT molecular complexity index is 2790. The molecule has 5 heterocycles. The fourth-order valence-electron chi connectivity index (χ4n) is 8.59. The molecule has 3 aromatic heterocycles. The van der Waals surface area contributed by atoms with Crippen LogP contribution in [-0.4, -0.2) is 78.8 Å². The zero-order chi connectivity index (χ0) is 49.9. The van der Waals surface area contributed by atoms with Crippen LogP contribution in [-0.2, 0) is 28.7 Å². The summed E-state index contributed by atoms with van der Waals surface area (Å²) in [6, 6.07) is 18.5. The van der Waals surface area contributed by atoms with Gasteiger partial charge in [-0.15, -0.1) is 0 Å². The van der Waals surface area contributed by atoms with E-state index in [0.29, 0.717) is 43.1 Å². The molecule has 1 saturated heterocycles. The molecule has 1 atom stereocenters. The minimum Gasteiger partial charge on any atom is -0.497 e. The van der Waals surface area contributed by atoms with E-state index in [2.05, 4.69) is 20.3 Å². The van der Waals surface area contributed by atoms with Crippen LogP contribution in [0.5, 0.6) is 23.3 Å². The Morgan fingerprint density at radius 1 is 0.943 bits per heavy atom. The summed E-state index contributed by atoms with van der Waals surface area (Å²) in [5.74, 6) is 0.434. The van der Waals surface area contributed by atoms with Crippen LogP contribution in [0.1, 0.15) is 74.4 Å². The average Bonchev–Trinajstić information content (AvgIpc) is 3.52. The molecular weight excluding hydrogens is 934 g/mol.